The molecule has 0 atom stereocenters. The number of urea groups is 1. The lowest BCUT2D eigenvalue weighted by Crippen LogP contribution is -2.47. The Morgan fingerprint density at radius 2 is 1.77 bits per heavy atom. The molecule has 7 nitrogen and oxygen atoms in total. The SMILES string of the molecule is CCCC1(CCC)NC(=O)N(CC(=O)c2ccc3c(c2)OCCO3)C1=O. The molecule has 26 heavy (non-hydrogen) atoms. The van der Waals surface area contributed by atoms with E-state index in [2.05, 4.69) is 5.32 Å². The number of ketones is 1. The van der Waals surface area contributed by atoms with Crippen LogP contribution in [-0.2, 0) is 4.79 Å². The van der Waals surface area contributed by atoms with Crippen molar-refractivity contribution in [3.05, 3.63) is 23.8 Å². The van der Waals surface area contributed by atoms with Crippen LogP contribution < -0.4 is 14.8 Å². The van der Waals surface area contributed by atoms with Gasteiger partial charge in [0.2, 0.25) is 0 Å². The van der Waals surface area contributed by atoms with Gasteiger partial charge in [-0.3, -0.25) is 14.5 Å². The van der Waals surface area contributed by atoms with Crippen molar-refractivity contribution in [2.24, 2.45) is 0 Å². The maximum atomic E-state index is 12.9. The zero-order valence-corrected chi connectivity index (χ0v) is 15.2. The first kappa shape index (κ1) is 18.2. The molecule has 7 heteroatoms. The van der Waals surface area contributed by atoms with Gasteiger partial charge in [0.1, 0.15) is 18.8 Å². The van der Waals surface area contributed by atoms with Gasteiger partial charge < -0.3 is 14.8 Å². The van der Waals surface area contributed by atoms with E-state index in [4.69, 9.17) is 9.47 Å². The minimum absolute atomic E-state index is 0.278. The fourth-order valence-corrected chi connectivity index (χ4v) is 3.59. The number of benzene rings is 1. The molecular weight excluding hydrogens is 336 g/mol. The molecule has 3 rings (SSSR count). The normalized spacial score (nSPS) is 18.0. The highest BCUT2D eigenvalue weighted by atomic mass is 16.6. The predicted octanol–water partition coefficient (Wildman–Crippen LogP) is 2.53. The molecule has 3 amide bonds. The first-order valence-electron chi connectivity index (χ1n) is 9.07. The van der Waals surface area contributed by atoms with Crippen LogP contribution in [0.1, 0.15) is 49.9 Å². The third kappa shape index (κ3) is 3.25. The van der Waals surface area contributed by atoms with E-state index in [1.54, 1.807) is 18.2 Å². The molecule has 1 fully saturated rings. The quantitative estimate of drug-likeness (QED) is 0.597. The molecule has 0 unspecified atom stereocenters. The molecule has 0 aromatic heterocycles. The Morgan fingerprint density at radius 3 is 2.42 bits per heavy atom. The van der Waals surface area contributed by atoms with Gasteiger partial charge in [0.15, 0.2) is 17.3 Å². The highest BCUT2D eigenvalue weighted by molar-refractivity contribution is 6.11. The van der Waals surface area contributed by atoms with E-state index >= 15 is 0 Å². The number of hydrogen-bond donors (Lipinski definition) is 1. The fraction of sp³-hybridized carbons (Fsp3) is 0.526. The summed E-state index contributed by atoms with van der Waals surface area (Å²) in [6.07, 6.45) is 2.69. The second-order valence-electron chi connectivity index (χ2n) is 6.69. The Bertz CT molecular complexity index is 725. The summed E-state index contributed by atoms with van der Waals surface area (Å²) in [5, 5.41) is 2.82. The number of amides is 3. The number of carbonyl (C=O) groups is 3. The van der Waals surface area contributed by atoms with Crippen molar-refractivity contribution in [3.63, 3.8) is 0 Å². The average molecular weight is 360 g/mol. The highest BCUT2D eigenvalue weighted by Gasteiger charge is 2.50. The Morgan fingerprint density at radius 1 is 1.12 bits per heavy atom. The van der Waals surface area contributed by atoms with Gasteiger partial charge >= 0.3 is 6.03 Å². The summed E-state index contributed by atoms with van der Waals surface area (Å²) < 4.78 is 10.9. The molecule has 0 bridgehead atoms. The Labute approximate surface area is 152 Å². The van der Waals surface area contributed by atoms with Gasteiger partial charge in [-0.2, -0.15) is 0 Å². The molecule has 1 N–H and O–H groups in total. The third-order valence-electron chi connectivity index (χ3n) is 4.77. The zero-order valence-electron chi connectivity index (χ0n) is 15.2. The van der Waals surface area contributed by atoms with Gasteiger partial charge in [-0.1, -0.05) is 26.7 Å². The van der Waals surface area contributed by atoms with Crippen molar-refractivity contribution < 1.29 is 23.9 Å². The summed E-state index contributed by atoms with van der Waals surface area (Å²) in [4.78, 5) is 38.9. The van der Waals surface area contributed by atoms with Crippen LogP contribution >= 0.6 is 0 Å². The van der Waals surface area contributed by atoms with E-state index in [1.165, 1.54) is 0 Å². The zero-order chi connectivity index (χ0) is 18.7. The molecule has 0 saturated carbocycles. The fourth-order valence-electron chi connectivity index (χ4n) is 3.59. The van der Waals surface area contributed by atoms with Crippen LogP contribution in [0.15, 0.2) is 18.2 Å². The summed E-state index contributed by atoms with van der Waals surface area (Å²) >= 11 is 0. The van der Waals surface area contributed by atoms with E-state index in [-0.39, 0.29) is 18.2 Å². The molecule has 1 aromatic rings. The van der Waals surface area contributed by atoms with E-state index in [9.17, 15) is 14.4 Å². The molecule has 0 aliphatic carbocycles. The minimum Gasteiger partial charge on any atom is -0.486 e. The number of fused-ring (bicyclic) bond motifs is 1. The van der Waals surface area contributed by atoms with E-state index in [1.807, 2.05) is 13.8 Å². The number of nitrogens with zero attached hydrogens (tertiary/aromatic N) is 1. The van der Waals surface area contributed by atoms with Crippen LogP contribution in [0.2, 0.25) is 0 Å². The van der Waals surface area contributed by atoms with Crippen molar-refractivity contribution in [1.29, 1.82) is 0 Å². The largest absolute Gasteiger partial charge is 0.486 e. The lowest BCUT2D eigenvalue weighted by atomic mass is 9.88. The van der Waals surface area contributed by atoms with Gasteiger partial charge in [0.05, 0.1) is 6.54 Å². The van der Waals surface area contributed by atoms with Crippen molar-refractivity contribution in [1.82, 2.24) is 10.2 Å². The molecule has 1 saturated heterocycles. The number of rotatable bonds is 7. The average Bonchev–Trinajstić information content (AvgIpc) is 2.86. The van der Waals surface area contributed by atoms with Crippen molar-refractivity contribution >= 4 is 17.7 Å². The van der Waals surface area contributed by atoms with Gasteiger partial charge in [-0.15, -0.1) is 0 Å². The highest BCUT2D eigenvalue weighted by Crippen LogP contribution is 2.32. The number of nitrogens with one attached hydrogen (secondary N) is 1. The van der Waals surface area contributed by atoms with Crippen LogP contribution in [0, 0.1) is 0 Å². The standard InChI is InChI=1S/C19H24N2O5/c1-3-7-19(8-4-2)17(23)21(18(24)20-19)12-14(22)13-5-6-15-16(11-13)26-10-9-25-15/h5-6,11H,3-4,7-10,12H2,1-2H3,(H,20,24). The first-order valence-corrected chi connectivity index (χ1v) is 9.07. The van der Waals surface area contributed by atoms with Gasteiger partial charge in [-0.05, 0) is 31.0 Å². The van der Waals surface area contributed by atoms with Crippen molar-refractivity contribution in [2.45, 2.75) is 45.1 Å². The van der Waals surface area contributed by atoms with Crippen LogP contribution in [0.4, 0.5) is 4.79 Å². The number of imide groups is 1. The van der Waals surface area contributed by atoms with Gasteiger partial charge in [-0.25, -0.2) is 4.79 Å². The van der Waals surface area contributed by atoms with Gasteiger partial charge in [0, 0.05) is 5.56 Å². The number of carbonyl (C=O) groups excluding carboxylic acids is 3. The monoisotopic (exact) mass is 360 g/mol. The molecular formula is C19H24N2O5. The lowest BCUT2D eigenvalue weighted by molar-refractivity contribution is -0.131. The maximum Gasteiger partial charge on any atom is 0.325 e. The molecule has 2 aliphatic heterocycles. The summed E-state index contributed by atoms with van der Waals surface area (Å²) in [6, 6.07) is 4.40. The summed E-state index contributed by atoms with van der Waals surface area (Å²) in [6.45, 7) is 4.56. The van der Waals surface area contributed by atoms with Crippen LogP contribution in [-0.4, -0.2) is 47.9 Å². The van der Waals surface area contributed by atoms with Gasteiger partial charge in [0.25, 0.3) is 5.91 Å². The van der Waals surface area contributed by atoms with Crippen LogP contribution in [0.5, 0.6) is 11.5 Å². The molecule has 1 aromatic carbocycles. The summed E-state index contributed by atoms with van der Waals surface area (Å²) in [7, 11) is 0. The van der Waals surface area contributed by atoms with Crippen molar-refractivity contribution in [2.75, 3.05) is 19.8 Å². The third-order valence-corrected chi connectivity index (χ3v) is 4.77. The van der Waals surface area contributed by atoms with E-state index in [0.717, 1.165) is 17.7 Å². The summed E-state index contributed by atoms with van der Waals surface area (Å²) in [5.41, 5.74) is -0.494. The van der Waals surface area contributed by atoms with Crippen LogP contribution in [0.3, 0.4) is 0 Å². The number of ether oxygens (including phenoxy) is 2. The predicted molar refractivity (Wildman–Crippen MR) is 94.6 cm³/mol. The molecule has 0 radical (unpaired) electrons. The molecule has 2 heterocycles. The van der Waals surface area contributed by atoms with E-state index < -0.39 is 11.6 Å². The topological polar surface area (TPSA) is 84.9 Å². The Balaban J connectivity index is 1.76. The molecule has 0 spiro atoms. The maximum absolute atomic E-state index is 12.9. The molecule has 140 valence electrons. The first-order chi connectivity index (χ1) is 12.5. The summed E-state index contributed by atoms with van der Waals surface area (Å²) in [5.74, 6) is 0.477. The van der Waals surface area contributed by atoms with Crippen LogP contribution in [0.25, 0.3) is 0 Å². The number of Topliss-reactive ketones (excluding diaryl/α,β-unsaturated/α-hetero) is 1. The number of hydrogen-bond acceptors (Lipinski definition) is 5. The second-order valence-corrected chi connectivity index (χ2v) is 6.69. The Hall–Kier alpha value is -2.57. The second kappa shape index (κ2) is 7.35. The smallest absolute Gasteiger partial charge is 0.325 e. The minimum atomic E-state index is -0.881. The lowest BCUT2D eigenvalue weighted by Gasteiger charge is -2.25. The Kier molecular flexibility index (Phi) is 5.15. The molecule has 2 aliphatic rings. The van der Waals surface area contributed by atoms with Crippen molar-refractivity contribution in [3.8, 4) is 11.5 Å². The van der Waals surface area contributed by atoms with E-state index in [0.29, 0.717) is 43.1 Å².